The van der Waals surface area contributed by atoms with Crippen molar-refractivity contribution in [3.63, 3.8) is 0 Å². The van der Waals surface area contributed by atoms with E-state index in [1.54, 1.807) is 12.1 Å². The van der Waals surface area contributed by atoms with E-state index in [2.05, 4.69) is 12.2 Å². The van der Waals surface area contributed by atoms with Crippen LogP contribution in [0.25, 0.3) is 0 Å². The Morgan fingerprint density at radius 2 is 1.35 bits per heavy atom. The molecule has 0 heterocycles. The van der Waals surface area contributed by atoms with Gasteiger partial charge in [0.1, 0.15) is 0 Å². The molecule has 0 fully saturated rings. The van der Waals surface area contributed by atoms with Gasteiger partial charge in [0.15, 0.2) is 0 Å². The van der Waals surface area contributed by atoms with Crippen LogP contribution in [0, 0.1) is 0 Å². The SMILES string of the molecule is C[C@@H](NCC(O)c1ccc(Cl)cc1)c1ccc(Cl)cc1. The lowest BCUT2D eigenvalue weighted by molar-refractivity contribution is 0.171. The van der Waals surface area contributed by atoms with Gasteiger partial charge in [0.25, 0.3) is 0 Å². The van der Waals surface area contributed by atoms with Gasteiger partial charge in [-0.3, -0.25) is 0 Å². The van der Waals surface area contributed by atoms with Crippen molar-refractivity contribution in [2.24, 2.45) is 0 Å². The normalized spacial score (nSPS) is 14.0. The highest BCUT2D eigenvalue weighted by molar-refractivity contribution is 6.30. The van der Waals surface area contributed by atoms with Crippen molar-refractivity contribution in [3.8, 4) is 0 Å². The Balaban J connectivity index is 1.91. The van der Waals surface area contributed by atoms with Gasteiger partial charge in [-0.1, -0.05) is 47.5 Å². The second-order valence-electron chi connectivity index (χ2n) is 4.75. The average molecular weight is 310 g/mol. The molecule has 2 aromatic carbocycles. The maximum absolute atomic E-state index is 10.1. The molecular weight excluding hydrogens is 293 g/mol. The molecule has 2 nitrogen and oxygen atoms in total. The van der Waals surface area contributed by atoms with Gasteiger partial charge >= 0.3 is 0 Å². The minimum Gasteiger partial charge on any atom is -0.387 e. The van der Waals surface area contributed by atoms with E-state index in [1.807, 2.05) is 36.4 Å². The van der Waals surface area contributed by atoms with Crippen LogP contribution in [0.15, 0.2) is 48.5 Å². The molecule has 2 rings (SSSR count). The molecule has 2 aromatic rings. The molecule has 0 radical (unpaired) electrons. The maximum atomic E-state index is 10.1. The first-order valence-electron chi connectivity index (χ1n) is 6.48. The summed E-state index contributed by atoms with van der Waals surface area (Å²) < 4.78 is 0. The summed E-state index contributed by atoms with van der Waals surface area (Å²) in [7, 11) is 0. The monoisotopic (exact) mass is 309 g/mol. The van der Waals surface area contributed by atoms with Crippen molar-refractivity contribution >= 4 is 23.2 Å². The van der Waals surface area contributed by atoms with E-state index in [-0.39, 0.29) is 6.04 Å². The molecule has 0 aliphatic carbocycles. The number of aliphatic hydroxyl groups is 1. The highest BCUT2D eigenvalue weighted by Crippen LogP contribution is 2.19. The van der Waals surface area contributed by atoms with Crippen LogP contribution in [0.1, 0.15) is 30.2 Å². The predicted octanol–water partition coefficient (Wildman–Crippen LogP) is 4.38. The number of hydrogen-bond donors (Lipinski definition) is 2. The average Bonchev–Trinajstić information content (AvgIpc) is 2.46. The summed E-state index contributed by atoms with van der Waals surface area (Å²) >= 11 is 11.7. The summed E-state index contributed by atoms with van der Waals surface area (Å²) in [6.45, 7) is 2.53. The van der Waals surface area contributed by atoms with Gasteiger partial charge in [-0.15, -0.1) is 0 Å². The Hall–Kier alpha value is -1.06. The van der Waals surface area contributed by atoms with E-state index < -0.39 is 6.10 Å². The van der Waals surface area contributed by atoms with Crippen LogP contribution in [0.4, 0.5) is 0 Å². The largest absolute Gasteiger partial charge is 0.387 e. The highest BCUT2D eigenvalue weighted by atomic mass is 35.5. The number of hydrogen-bond acceptors (Lipinski definition) is 2. The van der Waals surface area contributed by atoms with Gasteiger partial charge in [0, 0.05) is 22.6 Å². The zero-order valence-electron chi connectivity index (χ0n) is 11.2. The van der Waals surface area contributed by atoms with E-state index in [0.29, 0.717) is 11.6 Å². The number of aliphatic hydroxyl groups excluding tert-OH is 1. The Morgan fingerprint density at radius 3 is 1.85 bits per heavy atom. The number of rotatable bonds is 5. The van der Waals surface area contributed by atoms with Crippen molar-refractivity contribution in [3.05, 3.63) is 69.7 Å². The predicted molar refractivity (Wildman–Crippen MR) is 84.3 cm³/mol. The first-order chi connectivity index (χ1) is 9.56. The van der Waals surface area contributed by atoms with Crippen LogP contribution in [0.2, 0.25) is 10.0 Å². The van der Waals surface area contributed by atoms with Gasteiger partial charge in [0.2, 0.25) is 0 Å². The van der Waals surface area contributed by atoms with Gasteiger partial charge in [0.05, 0.1) is 6.10 Å². The van der Waals surface area contributed by atoms with Gasteiger partial charge < -0.3 is 10.4 Å². The maximum Gasteiger partial charge on any atom is 0.0914 e. The van der Waals surface area contributed by atoms with E-state index in [0.717, 1.165) is 16.1 Å². The van der Waals surface area contributed by atoms with E-state index >= 15 is 0 Å². The smallest absolute Gasteiger partial charge is 0.0914 e. The zero-order chi connectivity index (χ0) is 14.5. The second kappa shape index (κ2) is 7.09. The summed E-state index contributed by atoms with van der Waals surface area (Å²) in [6.07, 6.45) is -0.554. The van der Waals surface area contributed by atoms with Gasteiger partial charge in [-0.25, -0.2) is 0 Å². The molecule has 0 bridgehead atoms. The molecule has 0 amide bonds. The van der Waals surface area contributed by atoms with Crippen molar-refractivity contribution < 1.29 is 5.11 Å². The highest BCUT2D eigenvalue weighted by Gasteiger charge is 2.10. The Kier molecular flexibility index (Phi) is 5.44. The fourth-order valence-corrected chi connectivity index (χ4v) is 2.21. The molecular formula is C16H17Cl2NO. The minimum atomic E-state index is -0.554. The number of halogens is 2. The minimum absolute atomic E-state index is 0.147. The molecule has 0 spiro atoms. The second-order valence-corrected chi connectivity index (χ2v) is 5.62. The Morgan fingerprint density at radius 1 is 0.900 bits per heavy atom. The van der Waals surface area contributed by atoms with E-state index in [9.17, 15) is 5.11 Å². The summed E-state index contributed by atoms with van der Waals surface area (Å²) in [4.78, 5) is 0. The van der Waals surface area contributed by atoms with Crippen LogP contribution < -0.4 is 5.32 Å². The van der Waals surface area contributed by atoms with Gasteiger partial charge in [-0.2, -0.15) is 0 Å². The molecule has 0 aliphatic heterocycles. The topological polar surface area (TPSA) is 32.3 Å². The molecule has 0 saturated heterocycles. The molecule has 4 heteroatoms. The molecule has 2 atom stereocenters. The van der Waals surface area contributed by atoms with Crippen LogP contribution in [0.3, 0.4) is 0 Å². The van der Waals surface area contributed by atoms with Gasteiger partial charge in [-0.05, 0) is 42.3 Å². The third-order valence-electron chi connectivity index (χ3n) is 3.24. The van der Waals surface area contributed by atoms with Crippen molar-refractivity contribution in [2.75, 3.05) is 6.54 Å². The van der Waals surface area contributed by atoms with Crippen molar-refractivity contribution in [1.82, 2.24) is 5.32 Å². The van der Waals surface area contributed by atoms with E-state index in [4.69, 9.17) is 23.2 Å². The molecule has 20 heavy (non-hydrogen) atoms. The third-order valence-corrected chi connectivity index (χ3v) is 3.75. The summed E-state index contributed by atoms with van der Waals surface area (Å²) in [5.41, 5.74) is 1.99. The summed E-state index contributed by atoms with van der Waals surface area (Å²) in [5.74, 6) is 0. The van der Waals surface area contributed by atoms with Crippen LogP contribution in [-0.2, 0) is 0 Å². The fourth-order valence-electron chi connectivity index (χ4n) is 1.96. The first-order valence-corrected chi connectivity index (χ1v) is 7.24. The molecule has 0 aliphatic rings. The van der Waals surface area contributed by atoms with E-state index in [1.165, 1.54) is 0 Å². The molecule has 0 saturated carbocycles. The number of nitrogens with one attached hydrogen (secondary N) is 1. The first kappa shape index (κ1) is 15.3. The lowest BCUT2D eigenvalue weighted by Gasteiger charge is -2.18. The van der Waals surface area contributed by atoms with Crippen molar-refractivity contribution in [1.29, 1.82) is 0 Å². The zero-order valence-corrected chi connectivity index (χ0v) is 12.7. The van der Waals surface area contributed by atoms with Crippen LogP contribution in [-0.4, -0.2) is 11.7 Å². The third kappa shape index (κ3) is 4.22. The molecule has 2 N–H and O–H groups in total. The van der Waals surface area contributed by atoms with Crippen molar-refractivity contribution in [2.45, 2.75) is 19.1 Å². The lowest BCUT2D eigenvalue weighted by Crippen LogP contribution is -2.24. The molecule has 0 aromatic heterocycles. The van der Waals surface area contributed by atoms with Crippen LogP contribution in [0.5, 0.6) is 0 Å². The standard InChI is InChI=1S/C16H17Cl2NO/c1-11(12-2-6-14(17)7-3-12)19-10-16(20)13-4-8-15(18)9-5-13/h2-9,11,16,19-20H,10H2,1H3/t11-,16?/m1/s1. The summed E-state index contributed by atoms with van der Waals surface area (Å²) in [5, 5.41) is 14.8. The number of benzene rings is 2. The van der Waals surface area contributed by atoms with Crippen LogP contribution >= 0.6 is 23.2 Å². The summed E-state index contributed by atoms with van der Waals surface area (Å²) in [6, 6.07) is 15.1. The fraction of sp³-hybridized carbons (Fsp3) is 0.250. The Labute approximate surface area is 129 Å². The molecule has 106 valence electrons. The lowest BCUT2D eigenvalue weighted by atomic mass is 10.1. The Bertz CT molecular complexity index is 488. The molecule has 1 unspecified atom stereocenters. The quantitative estimate of drug-likeness (QED) is 0.859.